The van der Waals surface area contributed by atoms with E-state index in [0.717, 1.165) is 5.69 Å². The molecule has 0 spiro atoms. The molecule has 5 nitrogen and oxygen atoms in total. The number of fused-ring (bicyclic) bond motifs is 2. The minimum Gasteiger partial charge on any atom is -0.457 e. The van der Waals surface area contributed by atoms with E-state index in [4.69, 9.17) is 10.5 Å². The van der Waals surface area contributed by atoms with E-state index in [9.17, 15) is 9.59 Å². The molecule has 0 aromatic heterocycles. The molecule has 3 aromatic carbocycles. The lowest BCUT2D eigenvalue weighted by atomic mass is 10.1. The summed E-state index contributed by atoms with van der Waals surface area (Å²) < 4.78 is 5.78. The molecule has 0 radical (unpaired) electrons. The van der Waals surface area contributed by atoms with Crippen LogP contribution in [0.5, 0.6) is 11.5 Å². The molecule has 2 amide bonds. The van der Waals surface area contributed by atoms with Crippen molar-refractivity contribution in [2.24, 2.45) is 5.73 Å². The third kappa shape index (κ3) is 2.72. The van der Waals surface area contributed by atoms with Crippen LogP contribution in [0, 0.1) is 0 Å². The van der Waals surface area contributed by atoms with Crippen LogP contribution in [0.3, 0.4) is 0 Å². The maximum Gasteiger partial charge on any atom is 0.262 e. The first-order chi connectivity index (χ1) is 12.1. The van der Waals surface area contributed by atoms with Crippen LogP contribution in [-0.2, 0) is 0 Å². The lowest BCUT2D eigenvalue weighted by Crippen LogP contribution is -2.25. The number of nitrogens with two attached hydrogens (primary N) is 1. The van der Waals surface area contributed by atoms with Crippen LogP contribution in [-0.4, -0.2) is 11.8 Å². The van der Waals surface area contributed by atoms with Gasteiger partial charge in [0.2, 0.25) is 5.91 Å². The Morgan fingerprint density at radius 2 is 1.44 bits per heavy atom. The van der Waals surface area contributed by atoms with Crippen LogP contribution in [0.4, 0.5) is 11.4 Å². The number of primary amides is 1. The number of hydrogen-bond acceptors (Lipinski definition) is 3. The molecule has 0 atom stereocenters. The lowest BCUT2D eigenvalue weighted by molar-refractivity contribution is 0.0988. The Morgan fingerprint density at radius 3 is 2.12 bits per heavy atom. The quantitative estimate of drug-likeness (QED) is 0.775. The highest BCUT2D eigenvalue weighted by atomic mass is 16.5. The van der Waals surface area contributed by atoms with Gasteiger partial charge in [0.1, 0.15) is 11.5 Å². The zero-order valence-electron chi connectivity index (χ0n) is 13.2. The van der Waals surface area contributed by atoms with Gasteiger partial charge in [-0.3, -0.25) is 14.5 Å². The van der Waals surface area contributed by atoms with Crippen LogP contribution < -0.4 is 15.4 Å². The van der Waals surface area contributed by atoms with Gasteiger partial charge in [-0.05, 0) is 60.7 Å². The van der Waals surface area contributed by atoms with Gasteiger partial charge >= 0.3 is 0 Å². The van der Waals surface area contributed by atoms with Crippen molar-refractivity contribution >= 4 is 23.2 Å². The molecule has 0 aliphatic carbocycles. The number of carbonyl (C=O) groups is 2. The van der Waals surface area contributed by atoms with Gasteiger partial charge in [0, 0.05) is 22.9 Å². The van der Waals surface area contributed by atoms with Crippen molar-refractivity contribution in [2.75, 3.05) is 4.90 Å². The topological polar surface area (TPSA) is 72.6 Å². The van der Waals surface area contributed by atoms with Crippen molar-refractivity contribution in [1.29, 1.82) is 0 Å². The third-order valence-corrected chi connectivity index (χ3v) is 4.03. The van der Waals surface area contributed by atoms with Crippen LogP contribution in [0.15, 0.2) is 72.8 Å². The predicted molar refractivity (Wildman–Crippen MR) is 94.4 cm³/mol. The summed E-state index contributed by atoms with van der Waals surface area (Å²) in [5, 5.41) is 0. The van der Waals surface area contributed by atoms with Crippen LogP contribution in [0.2, 0.25) is 0 Å². The standard InChI is InChI=1S/C20H14N2O3/c21-19(23)13-4-6-14(7-5-13)20(24)22-15-8-10-17(11-9-15)25-18-3-1-2-16(22)12-18/h1-12H,(H2,21,23). The molecule has 25 heavy (non-hydrogen) atoms. The molecule has 122 valence electrons. The summed E-state index contributed by atoms with van der Waals surface area (Å²) in [6, 6.07) is 21.0. The summed E-state index contributed by atoms with van der Waals surface area (Å²) in [6.07, 6.45) is 0. The number of anilines is 2. The first-order valence-corrected chi connectivity index (χ1v) is 7.74. The molecule has 0 unspecified atom stereocenters. The van der Waals surface area contributed by atoms with E-state index in [2.05, 4.69) is 0 Å². The number of hydrogen-bond donors (Lipinski definition) is 1. The largest absolute Gasteiger partial charge is 0.457 e. The molecule has 0 saturated heterocycles. The Balaban J connectivity index is 1.81. The minimum atomic E-state index is -0.526. The minimum absolute atomic E-state index is 0.206. The van der Waals surface area contributed by atoms with Gasteiger partial charge in [-0.15, -0.1) is 0 Å². The van der Waals surface area contributed by atoms with Crippen molar-refractivity contribution in [2.45, 2.75) is 0 Å². The van der Waals surface area contributed by atoms with E-state index in [1.54, 1.807) is 29.2 Å². The Kier molecular flexibility index (Phi) is 3.47. The lowest BCUT2D eigenvalue weighted by Gasteiger charge is -2.22. The van der Waals surface area contributed by atoms with Gasteiger partial charge in [0.05, 0.1) is 5.69 Å². The van der Waals surface area contributed by atoms with Gasteiger partial charge in [-0.25, -0.2) is 0 Å². The number of benzene rings is 3. The van der Waals surface area contributed by atoms with Gasteiger partial charge in [-0.1, -0.05) is 6.07 Å². The number of carbonyl (C=O) groups excluding carboxylic acids is 2. The van der Waals surface area contributed by atoms with Crippen molar-refractivity contribution < 1.29 is 14.3 Å². The summed E-state index contributed by atoms with van der Waals surface area (Å²) in [5.74, 6) is 0.637. The monoisotopic (exact) mass is 330 g/mol. The molecule has 0 fully saturated rings. The first-order valence-electron chi connectivity index (χ1n) is 7.74. The SMILES string of the molecule is NC(=O)c1ccc(C(=O)N2c3ccc(cc3)Oc3cccc2c3)cc1. The van der Waals surface area contributed by atoms with Gasteiger partial charge in [0.15, 0.2) is 0 Å². The fourth-order valence-corrected chi connectivity index (χ4v) is 2.78. The molecule has 2 aliphatic rings. The van der Waals surface area contributed by atoms with Crippen LogP contribution >= 0.6 is 0 Å². The Labute approximate surface area is 144 Å². The fraction of sp³-hybridized carbons (Fsp3) is 0. The van der Waals surface area contributed by atoms with E-state index >= 15 is 0 Å². The first kappa shape index (κ1) is 15.0. The Hall–Kier alpha value is -3.60. The molecule has 2 N–H and O–H groups in total. The Bertz CT molecular complexity index is 963. The zero-order valence-corrected chi connectivity index (χ0v) is 13.2. The van der Waals surface area contributed by atoms with Gasteiger partial charge < -0.3 is 10.5 Å². The number of nitrogens with zero attached hydrogens (tertiary/aromatic N) is 1. The number of ether oxygens (including phenoxy) is 1. The molecular weight excluding hydrogens is 316 g/mol. The van der Waals surface area contributed by atoms with E-state index in [1.165, 1.54) is 0 Å². The molecule has 5 heteroatoms. The molecule has 5 rings (SSSR count). The summed E-state index contributed by atoms with van der Waals surface area (Å²) >= 11 is 0. The normalized spacial score (nSPS) is 11.9. The van der Waals surface area contributed by atoms with E-state index in [1.807, 2.05) is 48.5 Å². The zero-order chi connectivity index (χ0) is 17.4. The average Bonchev–Trinajstić information content (AvgIpc) is 2.71. The predicted octanol–water partition coefficient (Wildman–Crippen LogP) is 3.87. The third-order valence-electron chi connectivity index (χ3n) is 4.03. The summed E-state index contributed by atoms with van der Waals surface area (Å²) in [6.45, 7) is 0. The number of rotatable bonds is 2. The molecule has 2 heterocycles. The summed E-state index contributed by atoms with van der Waals surface area (Å²) in [7, 11) is 0. The molecule has 2 aliphatic heterocycles. The fourth-order valence-electron chi connectivity index (χ4n) is 2.78. The van der Waals surface area contributed by atoms with E-state index < -0.39 is 5.91 Å². The highest BCUT2D eigenvalue weighted by Crippen LogP contribution is 2.35. The van der Waals surface area contributed by atoms with Crippen LogP contribution in [0.25, 0.3) is 0 Å². The molecule has 3 aromatic rings. The van der Waals surface area contributed by atoms with E-state index in [0.29, 0.717) is 28.3 Å². The van der Waals surface area contributed by atoms with Crippen molar-refractivity contribution in [1.82, 2.24) is 0 Å². The van der Waals surface area contributed by atoms with Gasteiger partial charge in [-0.2, -0.15) is 0 Å². The summed E-state index contributed by atoms with van der Waals surface area (Å²) in [5.41, 5.74) is 7.51. The second kappa shape index (κ2) is 5.79. The molecular formula is C20H14N2O3. The van der Waals surface area contributed by atoms with Gasteiger partial charge in [0.25, 0.3) is 5.91 Å². The highest BCUT2D eigenvalue weighted by molar-refractivity contribution is 6.11. The van der Waals surface area contributed by atoms with Crippen LogP contribution in [0.1, 0.15) is 20.7 Å². The highest BCUT2D eigenvalue weighted by Gasteiger charge is 2.22. The summed E-state index contributed by atoms with van der Waals surface area (Å²) in [4.78, 5) is 26.0. The maximum atomic E-state index is 13.1. The van der Waals surface area contributed by atoms with Crippen molar-refractivity contribution in [3.05, 3.63) is 83.9 Å². The average molecular weight is 330 g/mol. The Morgan fingerprint density at radius 1 is 0.760 bits per heavy atom. The maximum absolute atomic E-state index is 13.1. The van der Waals surface area contributed by atoms with Crippen molar-refractivity contribution in [3.8, 4) is 11.5 Å². The van der Waals surface area contributed by atoms with Crippen molar-refractivity contribution in [3.63, 3.8) is 0 Å². The molecule has 0 saturated carbocycles. The van der Waals surface area contributed by atoms with E-state index in [-0.39, 0.29) is 5.91 Å². The second-order valence-electron chi connectivity index (χ2n) is 5.68. The molecule has 4 bridgehead atoms. The number of amides is 2. The second-order valence-corrected chi connectivity index (χ2v) is 5.68. The smallest absolute Gasteiger partial charge is 0.262 e.